The first-order valence-electron chi connectivity index (χ1n) is 10.2. The molecule has 0 bridgehead atoms. The zero-order chi connectivity index (χ0) is 22.1. The van der Waals surface area contributed by atoms with Crippen LogP contribution in [-0.4, -0.2) is 11.9 Å². The number of hydrogen-bond donors (Lipinski definition) is 0. The minimum absolute atomic E-state index is 0.0569. The lowest BCUT2D eigenvalue weighted by Crippen LogP contribution is -2.14. The first kappa shape index (κ1) is 21.8. The molecule has 0 spiro atoms. The lowest BCUT2D eigenvalue weighted by molar-refractivity contribution is -0.187. The summed E-state index contributed by atoms with van der Waals surface area (Å²) in [6.07, 6.45) is 3.95. The van der Waals surface area contributed by atoms with Crippen LogP contribution in [0.15, 0.2) is 72.8 Å². The average molecular weight is 413 g/mol. The Bertz CT molecular complexity index is 1090. The largest absolute Gasteiger partial charge is 0.387 e. The van der Waals surface area contributed by atoms with Gasteiger partial charge in [-0.2, -0.15) is 5.26 Å². The number of rotatable bonds is 7. The predicted octanol–water partition coefficient (Wildman–Crippen LogP) is 5.89. The highest BCUT2D eigenvalue weighted by molar-refractivity contribution is 5.96. The van der Waals surface area contributed by atoms with Crippen LogP contribution in [0, 0.1) is 11.3 Å². The zero-order valence-corrected chi connectivity index (χ0v) is 17.3. The minimum Gasteiger partial charge on any atom is -0.242 e. The quantitative estimate of drug-likeness (QED) is 0.274. The summed E-state index contributed by atoms with van der Waals surface area (Å²) in [5.41, 5.74) is 3.08. The van der Waals surface area contributed by atoms with Gasteiger partial charge in [-0.3, -0.25) is 0 Å². The van der Waals surface area contributed by atoms with Crippen LogP contribution in [0.2, 0.25) is 0 Å². The van der Waals surface area contributed by atoms with Crippen molar-refractivity contribution in [1.29, 1.82) is 5.26 Å². The maximum atomic E-state index is 12.7. The van der Waals surface area contributed by atoms with Gasteiger partial charge in [-0.1, -0.05) is 74.4 Å². The zero-order valence-electron chi connectivity index (χ0n) is 17.3. The highest BCUT2D eigenvalue weighted by atomic mass is 17.2. The monoisotopic (exact) mass is 413 g/mol. The molecule has 156 valence electrons. The van der Waals surface area contributed by atoms with Crippen LogP contribution in [0.25, 0.3) is 11.1 Å². The van der Waals surface area contributed by atoms with Gasteiger partial charge in [0.15, 0.2) is 0 Å². The van der Waals surface area contributed by atoms with Crippen molar-refractivity contribution in [2.75, 3.05) is 0 Å². The molecule has 0 amide bonds. The van der Waals surface area contributed by atoms with Gasteiger partial charge in [-0.15, -0.1) is 0 Å². The van der Waals surface area contributed by atoms with Crippen LogP contribution in [0.5, 0.6) is 0 Å². The van der Waals surface area contributed by atoms with E-state index in [1.807, 2.05) is 36.4 Å². The average Bonchev–Trinajstić information content (AvgIpc) is 2.83. The molecule has 3 aromatic carbocycles. The standard InChI is InChI=1S/C26H23NO4/c1-2-3-6-11-20-16-17-22(23(18-27)24(20)19-12-7-4-8-13-19)26(29)31-30-25(28)21-14-9-5-10-15-21/h4-5,7-10,12-17H,2-3,6,11H2,1H3. The van der Waals surface area contributed by atoms with Gasteiger partial charge in [0.25, 0.3) is 0 Å². The van der Waals surface area contributed by atoms with Crippen molar-refractivity contribution in [3.05, 3.63) is 95.1 Å². The Morgan fingerprint density at radius 3 is 2.13 bits per heavy atom. The fourth-order valence-electron chi connectivity index (χ4n) is 3.38. The number of carbonyl (C=O) groups excluding carboxylic acids is 2. The van der Waals surface area contributed by atoms with Crippen LogP contribution in [0.1, 0.15) is 58.0 Å². The van der Waals surface area contributed by atoms with Crippen LogP contribution < -0.4 is 0 Å². The third kappa shape index (κ3) is 5.37. The summed E-state index contributed by atoms with van der Waals surface area (Å²) in [6, 6.07) is 23.3. The Kier molecular flexibility index (Phi) is 7.56. The molecule has 0 unspecified atom stereocenters. The van der Waals surface area contributed by atoms with E-state index in [0.29, 0.717) is 5.56 Å². The molecule has 0 aromatic heterocycles. The lowest BCUT2D eigenvalue weighted by Gasteiger charge is -2.14. The molecular formula is C26H23NO4. The Hall–Kier alpha value is -3.91. The smallest absolute Gasteiger partial charge is 0.242 e. The van der Waals surface area contributed by atoms with Crippen LogP contribution in [0.4, 0.5) is 0 Å². The van der Waals surface area contributed by atoms with Crippen molar-refractivity contribution in [2.24, 2.45) is 0 Å². The second kappa shape index (κ2) is 10.7. The molecule has 0 radical (unpaired) electrons. The van der Waals surface area contributed by atoms with Crippen LogP contribution in [-0.2, 0) is 16.2 Å². The van der Waals surface area contributed by atoms with Gasteiger partial charge in [0, 0.05) is 5.56 Å². The number of benzene rings is 3. The Balaban J connectivity index is 1.90. The van der Waals surface area contributed by atoms with Crippen LogP contribution >= 0.6 is 0 Å². The molecule has 0 aliphatic carbocycles. The van der Waals surface area contributed by atoms with E-state index in [9.17, 15) is 14.9 Å². The van der Waals surface area contributed by atoms with Crippen molar-refractivity contribution < 1.29 is 19.4 Å². The summed E-state index contributed by atoms with van der Waals surface area (Å²) >= 11 is 0. The van der Waals surface area contributed by atoms with Gasteiger partial charge in [0.2, 0.25) is 0 Å². The van der Waals surface area contributed by atoms with Crippen molar-refractivity contribution >= 4 is 11.9 Å². The minimum atomic E-state index is -0.891. The molecule has 3 aromatic rings. The van der Waals surface area contributed by atoms with E-state index in [4.69, 9.17) is 9.78 Å². The maximum Gasteiger partial charge on any atom is 0.387 e. The van der Waals surface area contributed by atoms with E-state index in [1.165, 1.54) is 0 Å². The molecule has 3 rings (SSSR count). The van der Waals surface area contributed by atoms with E-state index in [0.717, 1.165) is 36.8 Å². The third-order valence-corrected chi connectivity index (χ3v) is 4.94. The van der Waals surface area contributed by atoms with Gasteiger partial charge < -0.3 is 0 Å². The second-order valence-corrected chi connectivity index (χ2v) is 7.06. The number of hydrogen-bond acceptors (Lipinski definition) is 5. The number of nitrogens with zero attached hydrogens (tertiary/aromatic N) is 1. The molecule has 0 fully saturated rings. The summed E-state index contributed by atoms with van der Waals surface area (Å²) in [5, 5.41) is 9.90. The van der Waals surface area contributed by atoms with E-state index < -0.39 is 11.9 Å². The maximum absolute atomic E-state index is 12.7. The number of aryl methyl sites for hydroxylation is 1. The molecule has 0 aliphatic heterocycles. The molecule has 0 aliphatic rings. The highest BCUT2D eigenvalue weighted by Gasteiger charge is 2.22. The number of carbonyl (C=O) groups is 2. The van der Waals surface area contributed by atoms with Crippen molar-refractivity contribution in [1.82, 2.24) is 0 Å². The Morgan fingerprint density at radius 2 is 1.48 bits per heavy atom. The fraction of sp³-hybridized carbons (Fsp3) is 0.192. The molecule has 5 nitrogen and oxygen atoms in total. The number of unbranched alkanes of at least 4 members (excludes halogenated alkanes) is 2. The van der Waals surface area contributed by atoms with Gasteiger partial charge in [0.05, 0.1) is 16.7 Å². The van der Waals surface area contributed by atoms with E-state index in [2.05, 4.69) is 13.0 Å². The van der Waals surface area contributed by atoms with Gasteiger partial charge in [-0.05, 0) is 42.2 Å². The van der Waals surface area contributed by atoms with Crippen molar-refractivity contribution in [2.45, 2.75) is 32.6 Å². The summed E-state index contributed by atoms with van der Waals surface area (Å²) in [6.45, 7) is 2.13. The van der Waals surface area contributed by atoms with Gasteiger partial charge in [0.1, 0.15) is 6.07 Å². The molecule has 0 atom stereocenters. The highest BCUT2D eigenvalue weighted by Crippen LogP contribution is 2.31. The summed E-state index contributed by atoms with van der Waals surface area (Å²) in [7, 11) is 0. The molecule has 0 saturated heterocycles. The normalized spacial score (nSPS) is 10.2. The first-order chi connectivity index (χ1) is 15.2. The molecule has 5 heteroatoms. The Morgan fingerprint density at radius 1 is 0.839 bits per heavy atom. The van der Waals surface area contributed by atoms with Crippen molar-refractivity contribution in [3.8, 4) is 17.2 Å². The summed E-state index contributed by atoms with van der Waals surface area (Å²) in [5.74, 6) is -1.68. The van der Waals surface area contributed by atoms with E-state index >= 15 is 0 Å². The second-order valence-electron chi connectivity index (χ2n) is 7.06. The van der Waals surface area contributed by atoms with E-state index in [1.54, 1.807) is 36.4 Å². The lowest BCUT2D eigenvalue weighted by atomic mass is 9.89. The molecule has 0 N–H and O–H groups in total. The summed E-state index contributed by atoms with van der Waals surface area (Å²) < 4.78 is 0. The molecular weight excluding hydrogens is 390 g/mol. The molecule has 0 saturated carbocycles. The predicted molar refractivity (Wildman–Crippen MR) is 117 cm³/mol. The van der Waals surface area contributed by atoms with Crippen LogP contribution in [0.3, 0.4) is 0 Å². The molecule has 31 heavy (non-hydrogen) atoms. The Labute approximate surface area is 181 Å². The third-order valence-electron chi connectivity index (χ3n) is 4.94. The van der Waals surface area contributed by atoms with Gasteiger partial charge >= 0.3 is 11.9 Å². The fourth-order valence-corrected chi connectivity index (χ4v) is 3.38. The van der Waals surface area contributed by atoms with E-state index in [-0.39, 0.29) is 16.7 Å². The first-order valence-corrected chi connectivity index (χ1v) is 10.2. The number of nitriles is 1. The SMILES string of the molecule is CCCCCc1ccc(C(=O)OOC(=O)c2ccccc2)c(C#N)c1-c1ccccc1. The van der Waals surface area contributed by atoms with Gasteiger partial charge in [-0.25, -0.2) is 19.4 Å². The molecule has 0 heterocycles. The topological polar surface area (TPSA) is 76.4 Å². The van der Waals surface area contributed by atoms with Crippen molar-refractivity contribution in [3.63, 3.8) is 0 Å². The summed E-state index contributed by atoms with van der Waals surface area (Å²) in [4.78, 5) is 34.2.